The Balaban J connectivity index is 2.42. The summed E-state index contributed by atoms with van der Waals surface area (Å²) < 4.78 is 64.8. The van der Waals surface area contributed by atoms with Crippen molar-refractivity contribution in [2.45, 2.75) is 18.0 Å². The van der Waals surface area contributed by atoms with Gasteiger partial charge < -0.3 is 0 Å². The highest BCUT2D eigenvalue weighted by Gasteiger charge is 2.34. The lowest BCUT2D eigenvalue weighted by Gasteiger charge is -2.12. The van der Waals surface area contributed by atoms with E-state index in [9.17, 15) is 21.6 Å². The summed E-state index contributed by atoms with van der Waals surface area (Å²) in [4.78, 5) is 3.46. The molecule has 0 atom stereocenters. The van der Waals surface area contributed by atoms with Gasteiger partial charge in [0.25, 0.3) is 10.0 Å². The summed E-state index contributed by atoms with van der Waals surface area (Å²) in [5.41, 5.74) is -0.487. The van der Waals surface area contributed by atoms with Crippen molar-refractivity contribution in [3.8, 4) is 0 Å². The van der Waals surface area contributed by atoms with Gasteiger partial charge in [0.05, 0.1) is 10.5 Å². The molecular formula is C13H10BrF3N2O2S. The lowest BCUT2D eigenvalue weighted by molar-refractivity contribution is -0.138. The molecule has 2 aromatic rings. The number of hydrogen-bond donors (Lipinski definition) is 1. The highest BCUT2D eigenvalue weighted by Crippen LogP contribution is 2.36. The van der Waals surface area contributed by atoms with Crippen LogP contribution in [0.2, 0.25) is 0 Å². The van der Waals surface area contributed by atoms with Gasteiger partial charge in [-0.15, -0.1) is 0 Å². The first-order valence-corrected chi connectivity index (χ1v) is 8.20. The normalized spacial score (nSPS) is 12.2. The average molecular weight is 395 g/mol. The van der Waals surface area contributed by atoms with Crippen LogP contribution < -0.4 is 4.72 Å². The number of nitrogens with one attached hydrogen (secondary N) is 1. The molecule has 1 aromatic heterocycles. The summed E-state index contributed by atoms with van der Waals surface area (Å²) in [6.45, 7) is 1.67. The number of sulfonamides is 1. The van der Waals surface area contributed by atoms with Gasteiger partial charge in [0.2, 0.25) is 0 Å². The minimum atomic E-state index is -4.66. The molecule has 0 amide bonds. The fourth-order valence-electron chi connectivity index (χ4n) is 1.69. The van der Waals surface area contributed by atoms with E-state index in [-0.39, 0.29) is 10.3 Å². The number of aromatic nitrogens is 1. The van der Waals surface area contributed by atoms with Crippen LogP contribution >= 0.6 is 15.9 Å². The topological polar surface area (TPSA) is 59.1 Å². The zero-order valence-corrected chi connectivity index (χ0v) is 13.6. The molecule has 1 heterocycles. The largest absolute Gasteiger partial charge is 0.417 e. The predicted octanol–water partition coefficient (Wildman–Crippen LogP) is 3.97. The molecule has 4 nitrogen and oxygen atoms in total. The molecule has 1 N–H and O–H groups in total. The fourth-order valence-corrected chi connectivity index (χ4v) is 3.18. The van der Waals surface area contributed by atoms with Crippen molar-refractivity contribution in [3.63, 3.8) is 0 Å². The molecule has 0 aliphatic heterocycles. The van der Waals surface area contributed by atoms with Crippen LogP contribution in [0, 0.1) is 6.92 Å². The minimum absolute atomic E-state index is 0.0384. The van der Waals surface area contributed by atoms with E-state index >= 15 is 0 Å². The van der Waals surface area contributed by atoms with Crippen LogP contribution in [-0.2, 0) is 16.2 Å². The van der Waals surface area contributed by atoms with Gasteiger partial charge in [0.1, 0.15) is 5.82 Å². The highest BCUT2D eigenvalue weighted by atomic mass is 79.9. The Kier molecular flexibility index (Phi) is 4.48. The molecule has 118 valence electrons. The first-order chi connectivity index (χ1) is 10.1. The minimum Gasteiger partial charge on any atom is -0.263 e. The third-order valence-electron chi connectivity index (χ3n) is 2.68. The van der Waals surface area contributed by atoms with Crippen molar-refractivity contribution < 1.29 is 21.6 Å². The van der Waals surface area contributed by atoms with Crippen LogP contribution in [0.25, 0.3) is 0 Å². The predicted molar refractivity (Wildman–Crippen MR) is 78.9 cm³/mol. The van der Waals surface area contributed by atoms with Crippen molar-refractivity contribution in [2.24, 2.45) is 0 Å². The van der Waals surface area contributed by atoms with Gasteiger partial charge in [0, 0.05) is 10.2 Å². The summed E-state index contributed by atoms with van der Waals surface area (Å²) in [7, 11) is -4.16. The van der Waals surface area contributed by atoms with E-state index in [0.29, 0.717) is 11.8 Å². The first-order valence-electron chi connectivity index (χ1n) is 5.93. The Morgan fingerprint density at radius 1 is 1.18 bits per heavy atom. The van der Waals surface area contributed by atoms with Crippen LogP contribution in [0.15, 0.2) is 45.8 Å². The second kappa shape index (κ2) is 5.88. The number of benzene rings is 1. The van der Waals surface area contributed by atoms with E-state index in [1.165, 1.54) is 6.07 Å². The average Bonchev–Trinajstić information content (AvgIpc) is 2.36. The molecule has 0 aliphatic carbocycles. The van der Waals surface area contributed by atoms with Crippen molar-refractivity contribution in [1.29, 1.82) is 0 Å². The lowest BCUT2D eigenvalue weighted by Crippen LogP contribution is -2.16. The first kappa shape index (κ1) is 16.8. The van der Waals surface area contributed by atoms with Crippen molar-refractivity contribution >= 4 is 31.8 Å². The van der Waals surface area contributed by atoms with Crippen molar-refractivity contribution in [3.05, 3.63) is 52.1 Å². The van der Waals surface area contributed by atoms with Gasteiger partial charge in [-0.25, -0.2) is 13.4 Å². The number of hydrogen-bond acceptors (Lipinski definition) is 3. The molecule has 0 aliphatic rings. The molecule has 0 radical (unpaired) electrons. The Hall–Kier alpha value is -1.61. The zero-order valence-electron chi connectivity index (χ0n) is 11.1. The van der Waals surface area contributed by atoms with Gasteiger partial charge in [-0.1, -0.05) is 22.0 Å². The zero-order chi connectivity index (χ0) is 16.5. The second-order valence-electron chi connectivity index (χ2n) is 4.41. The third-order valence-corrected chi connectivity index (χ3v) is 4.72. The Morgan fingerprint density at radius 3 is 2.45 bits per heavy atom. The summed E-state index contributed by atoms with van der Waals surface area (Å²) in [6.07, 6.45) is -4.66. The summed E-state index contributed by atoms with van der Waals surface area (Å²) in [6, 6.07) is 7.36. The van der Waals surface area contributed by atoms with E-state index in [2.05, 4.69) is 25.6 Å². The maximum absolute atomic E-state index is 12.8. The maximum atomic E-state index is 12.8. The molecular weight excluding hydrogens is 385 g/mol. The molecule has 9 heteroatoms. The van der Waals surface area contributed by atoms with Gasteiger partial charge in [0.15, 0.2) is 0 Å². The van der Waals surface area contributed by atoms with Gasteiger partial charge in [-0.2, -0.15) is 13.2 Å². The summed E-state index contributed by atoms with van der Waals surface area (Å²) >= 11 is 2.76. The van der Waals surface area contributed by atoms with E-state index in [1.54, 1.807) is 19.1 Å². The molecule has 0 bridgehead atoms. The molecule has 2 rings (SSSR count). The monoisotopic (exact) mass is 394 g/mol. The second-order valence-corrected chi connectivity index (χ2v) is 6.95. The number of halogens is 4. The molecule has 0 spiro atoms. The number of rotatable bonds is 3. The van der Waals surface area contributed by atoms with E-state index < -0.39 is 26.7 Å². The standard InChI is InChI=1S/C13H10BrF3N2O2S/c1-8-3-2-4-12(18-8)19-22(20,21)9-5-6-11(14)10(7-9)13(15,16)17/h2-7H,1H3,(H,18,19). The molecule has 0 fully saturated rings. The Bertz CT molecular complexity index is 807. The number of anilines is 1. The highest BCUT2D eigenvalue weighted by molar-refractivity contribution is 9.10. The molecule has 1 aromatic carbocycles. The van der Waals surface area contributed by atoms with Crippen LogP contribution in [0.1, 0.15) is 11.3 Å². The van der Waals surface area contributed by atoms with Gasteiger partial charge in [-0.3, -0.25) is 4.72 Å². The molecule has 0 unspecified atom stereocenters. The molecule has 0 saturated carbocycles. The maximum Gasteiger partial charge on any atom is 0.417 e. The summed E-state index contributed by atoms with van der Waals surface area (Å²) in [5, 5.41) is 0. The SMILES string of the molecule is Cc1cccc(NS(=O)(=O)c2ccc(Br)c(C(F)(F)F)c2)n1. The Morgan fingerprint density at radius 2 is 1.86 bits per heavy atom. The van der Waals surface area contributed by atoms with Crippen molar-refractivity contribution in [1.82, 2.24) is 4.98 Å². The fraction of sp³-hybridized carbons (Fsp3) is 0.154. The van der Waals surface area contributed by atoms with Gasteiger partial charge in [-0.05, 0) is 37.3 Å². The summed E-state index contributed by atoms with van der Waals surface area (Å²) in [5.74, 6) is 0.0384. The van der Waals surface area contributed by atoms with E-state index in [4.69, 9.17) is 0 Å². The van der Waals surface area contributed by atoms with Crippen LogP contribution in [0.3, 0.4) is 0 Å². The quantitative estimate of drug-likeness (QED) is 0.856. The number of alkyl halides is 3. The van der Waals surface area contributed by atoms with Crippen LogP contribution in [-0.4, -0.2) is 13.4 Å². The van der Waals surface area contributed by atoms with E-state index in [0.717, 1.165) is 12.1 Å². The van der Waals surface area contributed by atoms with Gasteiger partial charge >= 0.3 is 6.18 Å². The van der Waals surface area contributed by atoms with Crippen LogP contribution in [0.5, 0.6) is 0 Å². The number of aryl methyl sites for hydroxylation is 1. The molecule has 0 saturated heterocycles. The van der Waals surface area contributed by atoms with E-state index in [1.807, 2.05) is 0 Å². The Labute approximate surface area is 133 Å². The third kappa shape index (κ3) is 3.77. The van der Waals surface area contributed by atoms with Crippen LogP contribution in [0.4, 0.5) is 19.0 Å². The molecule has 22 heavy (non-hydrogen) atoms. The number of nitrogens with zero attached hydrogens (tertiary/aromatic N) is 1. The lowest BCUT2D eigenvalue weighted by atomic mass is 10.2. The smallest absolute Gasteiger partial charge is 0.263 e. The number of pyridine rings is 1. The van der Waals surface area contributed by atoms with Crippen molar-refractivity contribution in [2.75, 3.05) is 4.72 Å².